The first-order valence-electron chi connectivity index (χ1n) is 11.7. The fourth-order valence-electron chi connectivity index (χ4n) is 6.76. The van der Waals surface area contributed by atoms with E-state index in [9.17, 15) is 18.8 Å². The van der Waals surface area contributed by atoms with E-state index in [0.717, 1.165) is 43.6 Å². The molecule has 7 nitrogen and oxygen atoms in total. The van der Waals surface area contributed by atoms with E-state index in [1.807, 2.05) is 0 Å². The van der Waals surface area contributed by atoms with Crippen LogP contribution >= 0.6 is 0 Å². The van der Waals surface area contributed by atoms with E-state index in [2.05, 4.69) is 15.6 Å². The normalized spacial score (nSPS) is 27.5. The summed E-state index contributed by atoms with van der Waals surface area (Å²) in [5.74, 6) is 0.227. The monoisotopic (exact) mass is 452 g/mol. The van der Waals surface area contributed by atoms with Gasteiger partial charge in [0.05, 0.1) is 23.1 Å². The summed E-state index contributed by atoms with van der Waals surface area (Å²) in [5.41, 5.74) is 1.92. The second kappa shape index (κ2) is 8.08. The summed E-state index contributed by atoms with van der Waals surface area (Å²) < 4.78 is 14.7. The number of amides is 2. The lowest BCUT2D eigenvalue weighted by molar-refractivity contribution is -0.120. The molecule has 0 spiro atoms. The van der Waals surface area contributed by atoms with Crippen LogP contribution in [0.15, 0.2) is 18.3 Å². The Morgan fingerprint density at radius 3 is 2.24 bits per heavy atom. The summed E-state index contributed by atoms with van der Waals surface area (Å²) in [6, 6.07) is 2.65. The number of pyridine rings is 1. The Kier molecular flexibility index (Phi) is 5.34. The predicted octanol–water partition coefficient (Wildman–Crippen LogP) is 3.55. The van der Waals surface area contributed by atoms with Gasteiger partial charge in [-0.15, -0.1) is 0 Å². The number of ketones is 1. The van der Waals surface area contributed by atoms with Gasteiger partial charge in [-0.05, 0) is 87.3 Å². The third kappa shape index (κ3) is 3.75. The van der Waals surface area contributed by atoms with E-state index in [1.165, 1.54) is 18.7 Å². The molecule has 2 heterocycles. The molecule has 0 atom stereocenters. The smallest absolute Gasteiger partial charge is 0.294 e. The van der Waals surface area contributed by atoms with Gasteiger partial charge in [-0.25, -0.2) is 4.98 Å². The molecular formula is C25H29FN4O3. The molecular weight excluding hydrogens is 423 g/mol. The summed E-state index contributed by atoms with van der Waals surface area (Å²) in [5, 5.41) is 5.75. The summed E-state index contributed by atoms with van der Waals surface area (Å²) >= 11 is 0. The average molecular weight is 453 g/mol. The van der Waals surface area contributed by atoms with Gasteiger partial charge in [-0.1, -0.05) is 0 Å². The van der Waals surface area contributed by atoms with Crippen molar-refractivity contribution in [3.05, 3.63) is 46.8 Å². The molecule has 0 aliphatic heterocycles. The Bertz CT molecular complexity index is 1110. The van der Waals surface area contributed by atoms with Crippen LogP contribution < -0.4 is 10.6 Å². The van der Waals surface area contributed by atoms with Crippen LogP contribution in [0, 0.1) is 43.5 Å². The minimum atomic E-state index is -0.641. The molecule has 2 aromatic rings. The standard InChI is InChI=1S/C25H29FN4O3/c1-12-20(24(32)28-18-4-5-19(26)27-11-18)13(2)30(3)22(12)23(31)25(33)29-21-16-7-14-6-15(9-16)10-17(21)8-14/h4-5,11,14-17,21H,6-10H2,1-3H3,(H,28,32)(H,29,33)/t14?,15?,16-,17-,21?. The van der Waals surface area contributed by atoms with Gasteiger partial charge in [0, 0.05) is 18.8 Å². The van der Waals surface area contributed by atoms with Crippen LogP contribution in [0.3, 0.4) is 0 Å². The lowest BCUT2D eigenvalue weighted by Crippen LogP contribution is -2.56. The number of nitrogens with one attached hydrogen (secondary N) is 2. The molecule has 33 heavy (non-hydrogen) atoms. The van der Waals surface area contributed by atoms with Crippen LogP contribution in [0.2, 0.25) is 0 Å². The third-order valence-corrected chi connectivity index (χ3v) is 8.09. The number of halogens is 1. The highest BCUT2D eigenvalue weighted by Crippen LogP contribution is 2.53. The lowest BCUT2D eigenvalue weighted by atomic mass is 9.54. The lowest BCUT2D eigenvalue weighted by Gasteiger charge is -2.54. The molecule has 0 radical (unpaired) electrons. The maximum Gasteiger partial charge on any atom is 0.294 e. The number of anilines is 1. The van der Waals surface area contributed by atoms with Crippen LogP contribution in [0.1, 0.15) is 64.2 Å². The average Bonchev–Trinajstić information content (AvgIpc) is 2.99. The zero-order valence-corrected chi connectivity index (χ0v) is 19.2. The highest BCUT2D eigenvalue weighted by Gasteiger charge is 2.49. The number of aromatic nitrogens is 2. The minimum absolute atomic E-state index is 0.0738. The SMILES string of the molecule is Cc1c(C(=O)Nc2ccc(F)nc2)c(C)n(C)c1C(=O)C(=O)NC1[C@H]2CC3CC(C2)C[C@@H]1C3. The van der Waals surface area contributed by atoms with E-state index >= 15 is 0 Å². The van der Waals surface area contributed by atoms with Crippen molar-refractivity contribution < 1.29 is 18.8 Å². The Hall–Kier alpha value is -3.03. The van der Waals surface area contributed by atoms with Crippen molar-refractivity contribution in [2.45, 2.75) is 52.0 Å². The maximum absolute atomic E-state index is 13.2. The van der Waals surface area contributed by atoms with Gasteiger partial charge in [0.15, 0.2) is 0 Å². The van der Waals surface area contributed by atoms with Crippen molar-refractivity contribution in [2.75, 3.05) is 5.32 Å². The Morgan fingerprint density at radius 1 is 1.03 bits per heavy atom. The number of carbonyl (C=O) groups excluding carboxylic acids is 3. The van der Waals surface area contributed by atoms with Crippen molar-refractivity contribution >= 4 is 23.3 Å². The molecule has 4 aliphatic rings. The van der Waals surface area contributed by atoms with Crippen LogP contribution in [0.5, 0.6) is 0 Å². The van der Waals surface area contributed by atoms with Crippen LogP contribution in [0.4, 0.5) is 10.1 Å². The molecule has 2 N–H and O–H groups in total. The molecule has 0 unspecified atom stereocenters. The summed E-state index contributed by atoms with van der Waals surface area (Å²) in [6.45, 7) is 3.41. The van der Waals surface area contributed by atoms with Gasteiger partial charge in [-0.2, -0.15) is 4.39 Å². The van der Waals surface area contributed by atoms with Crippen molar-refractivity contribution in [1.29, 1.82) is 0 Å². The molecule has 0 aromatic carbocycles. The van der Waals surface area contributed by atoms with E-state index in [-0.39, 0.29) is 11.7 Å². The van der Waals surface area contributed by atoms with Gasteiger partial charge in [0.2, 0.25) is 5.95 Å². The molecule has 4 saturated carbocycles. The second-order valence-corrected chi connectivity index (χ2v) is 10.1. The number of carbonyl (C=O) groups is 3. The first-order chi connectivity index (χ1) is 15.7. The Labute approximate surface area is 192 Å². The van der Waals surface area contributed by atoms with Crippen LogP contribution in [-0.4, -0.2) is 33.2 Å². The molecule has 4 fully saturated rings. The first-order valence-corrected chi connectivity index (χ1v) is 11.7. The number of rotatable bonds is 5. The van der Waals surface area contributed by atoms with E-state index in [4.69, 9.17) is 0 Å². The number of nitrogens with zero attached hydrogens (tertiary/aromatic N) is 2. The fraction of sp³-hybridized carbons (Fsp3) is 0.520. The zero-order chi connectivity index (χ0) is 23.4. The molecule has 4 aliphatic carbocycles. The van der Waals surface area contributed by atoms with Crippen LogP contribution in [0.25, 0.3) is 0 Å². The maximum atomic E-state index is 13.2. The summed E-state index contributed by atoms with van der Waals surface area (Å²) in [4.78, 5) is 42.7. The van der Waals surface area contributed by atoms with Gasteiger partial charge in [0.25, 0.3) is 17.6 Å². The van der Waals surface area contributed by atoms with Crippen molar-refractivity contribution in [3.63, 3.8) is 0 Å². The summed E-state index contributed by atoms with van der Waals surface area (Å²) in [7, 11) is 1.68. The minimum Gasteiger partial charge on any atom is -0.346 e. The zero-order valence-electron chi connectivity index (χ0n) is 19.2. The van der Waals surface area contributed by atoms with E-state index in [1.54, 1.807) is 25.5 Å². The Balaban J connectivity index is 1.34. The summed E-state index contributed by atoms with van der Waals surface area (Å²) in [6.07, 6.45) is 7.15. The molecule has 8 heteroatoms. The first kappa shape index (κ1) is 21.8. The van der Waals surface area contributed by atoms with Gasteiger partial charge < -0.3 is 15.2 Å². The highest BCUT2D eigenvalue weighted by atomic mass is 19.1. The van der Waals surface area contributed by atoms with E-state index in [0.29, 0.717) is 34.3 Å². The molecule has 2 aromatic heterocycles. The molecule has 0 saturated heterocycles. The molecule has 2 amide bonds. The van der Waals surface area contributed by atoms with Crippen LogP contribution in [-0.2, 0) is 11.8 Å². The molecule has 4 bridgehead atoms. The number of hydrogen-bond acceptors (Lipinski definition) is 4. The van der Waals surface area contributed by atoms with Gasteiger partial charge in [-0.3, -0.25) is 14.4 Å². The van der Waals surface area contributed by atoms with E-state index < -0.39 is 23.5 Å². The topological polar surface area (TPSA) is 93.1 Å². The van der Waals surface area contributed by atoms with Crippen molar-refractivity contribution in [2.24, 2.45) is 30.7 Å². The predicted molar refractivity (Wildman–Crippen MR) is 120 cm³/mol. The Morgan fingerprint density at radius 2 is 1.67 bits per heavy atom. The second-order valence-electron chi connectivity index (χ2n) is 10.1. The van der Waals surface area contributed by atoms with Gasteiger partial charge in [0.1, 0.15) is 0 Å². The highest BCUT2D eigenvalue weighted by molar-refractivity contribution is 6.43. The number of Topliss-reactive ketones (excluding diaryl/α,β-unsaturated/α-hetero) is 1. The molecule has 174 valence electrons. The van der Waals surface area contributed by atoms with Crippen molar-refractivity contribution in [1.82, 2.24) is 14.9 Å². The largest absolute Gasteiger partial charge is 0.346 e. The molecule has 6 rings (SSSR count). The van der Waals surface area contributed by atoms with Crippen molar-refractivity contribution in [3.8, 4) is 0 Å². The third-order valence-electron chi connectivity index (χ3n) is 8.09. The quantitative estimate of drug-likeness (QED) is 0.412. The number of hydrogen-bond donors (Lipinski definition) is 2. The van der Waals surface area contributed by atoms with Gasteiger partial charge >= 0.3 is 0 Å². The fourth-order valence-corrected chi connectivity index (χ4v) is 6.76.